The molecule has 1 aromatic heterocycles. The molecule has 1 aliphatic rings. The van der Waals surface area contributed by atoms with Crippen LogP contribution in [0.15, 0.2) is 36.5 Å². The van der Waals surface area contributed by atoms with Crippen molar-refractivity contribution in [3.8, 4) is 5.69 Å². The number of aliphatic hydroxyl groups excluding tert-OH is 1. The molecule has 2 aromatic rings. The van der Waals surface area contributed by atoms with Crippen molar-refractivity contribution in [2.24, 2.45) is 0 Å². The first-order valence-corrected chi connectivity index (χ1v) is 7.93. The highest BCUT2D eigenvalue weighted by atomic mass is 16.3. The van der Waals surface area contributed by atoms with Gasteiger partial charge in [-0.3, -0.25) is 9.69 Å². The molecular weight excluding hydrogens is 292 g/mol. The summed E-state index contributed by atoms with van der Waals surface area (Å²) >= 11 is 0. The fourth-order valence-electron chi connectivity index (χ4n) is 2.87. The first kappa shape index (κ1) is 15.7. The summed E-state index contributed by atoms with van der Waals surface area (Å²) in [5.41, 5.74) is 2.35. The number of hydrogen-bond donors (Lipinski definition) is 1. The highest BCUT2D eigenvalue weighted by Crippen LogP contribution is 2.15. The lowest BCUT2D eigenvalue weighted by molar-refractivity contribution is 0.0614. The molecule has 0 atom stereocenters. The van der Waals surface area contributed by atoms with Crippen molar-refractivity contribution in [3.05, 3.63) is 47.8 Å². The van der Waals surface area contributed by atoms with Crippen molar-refractivity contribution in [2.75, 3.05) is 39.3 Å². The monoisotopic (exact) mass is 314 g/mol. The maximum absolute atomic E-state index is 12.7. The van der Waals surface area contributed by atoms with E-state index in [0.29, 0.717) is 25.2 Å². The number of rotatable bonds is 4. The molecule has 1 N–H and O–H groups in total. The van der Waals surface area contributed by atoms with Gasteiger partial charge >= 0.3 is 0 Å². The summed E-state index contributed by atoms with van der Waals surface area (Å²) in [6.07, 6.45) is 1.81. The normalized spacial score (nSPS) is 15.8. The molecule has 1 aromatic carbocycles. The molecule has 0 unspecified atom stereocenters. The van der Waals surface area contributed by atoms with E-state index in [4.69, 9.17) is 5.11 Å². The van der Waals surface area contributed by atoms with Crippen LogP contribution in [0.2, 0.25) is 0 Å². The number of para-hydroxylation sites is 1. The number of nitrogens with zero attached hydrogens (tertiary/aromatic N) is 4. The Morgan fingerprint density at radius 2 is 1.87 bits per heavy atom. The van der Waals surface area contributed by atoms with E-state index in [-0.39, 0.29) is 12.5 Å². The number of aromatic nitrogens is 2. The van der Waals surface area contributed by atoms with Crippen molar-refractivity contribution >= 4 is 5.91 Å². The van der Waals surface area contributed by atoms with Gasteiger partial charge in [-0.05, 0) is 19.1 Å². The van der Waals surface area contributed by atoms with Gasteiger partial charge in [0.15, 0.2) is 0 Å². The maximum atomic E-state index is 12.7. The predicted octanol–water partition coefficient (Wildman–Crippen LogP) is 0.931. The number of piperazine rings is 1. The summed E-state index contributed by atoms with van der Waals surface area (Å²) in [6, 6.07) is 9.79. The topological polar surface area (TPSA) is 61.6 Å². The van der Waals surface area contributed by atoms with Crippen LogP contribution in [0.5, 0.6) is 0 Å². The largest absolute Gasteiger partial charge is 0.395 e. The van der Waals surface area contributed by atoms with E-state index in [1.165, 1.54) is 0 Å². The average molecular weight is 314 g/mol. The molecule has 0 aliphatic carbocycles. The van der Waals surface area contributed by atoms with E-state index in [0.717, 1.165) is 24.5 Å². The Bertz CT molecular complexity index is 660. The molecule has 6 heteroatoms. The number of aryl methyl sites for hydroxylation is 1. The maximum Gasteiger partial charge on any atom is 0.257 e. The molecule has 0 saturated carbocycles. The molecule has 2 heterocycles. The molecule has 0 radical (unpaired) electrons. The average Bonchev–Trinajstić information content (AvgIpc) is 2.98. The molecule has 0 bridgehead atoms. The minimum absolute atomic E-state index is 0.0355. The molecule has 1 amide bonds. The Kier molecular flexibility index (Phi) is 4.73. The number of amides is 1. The Balaban J connectivity index is 1.72. The van der Waals surface area contributed by atoms with Gasteiger partial charge in [-0.25, -0.2) is 4.68 Å². The lowest BCUT2D eigenvalue weighted by atomic mass is 10.2. The van der Waals surface area contributed by atoms with Crippen LogP contribution in [0.4, 0.5) is 0 Å². The van der Waals surface area contributed by atoms with Crippen LogP contribution in [0.3, 0.4) is 0 Å². The van der Waals surface area contributed by atoms with Gasteiger partial charge in [0.2, 0.25) is 0 Å². The van der Waals surface area contributed by atoms with E-state index in [2.05, 4.69) is 10.00 Å². The van der Waals surface area contributed by atoms with Crippen LogP contribution in [0, 0.1) is 6.92 Å². The van der Waals surface area contributed by atoms with E-state index < -0.39 is 0 Å². The standard InChI is InChI=1S/C17H22N4O2/c1-14-16(13-21(18-14)15-5-3-2-4-6-15)17(23)20-9-7-19(8-10-20)11-12-22/h2-6,13,22H,7-12H2,1H3. The van der Waals surface area contributed by atoms with Gasteiger partial charge in [-0.15, -0.1) is 0 Å². The first-order valence-electron chi connectivity index (χ1n) is 7.93. The Labute approximate surface area is 135 Å². The number of β-amino-alcohol motifs (C(OH)–C–C–N with tert-alkyl or cyclic N) is 1. The Morgan fingerprint density at radius 3 is 2.52 bits per heavy atom. The smallest absolute Gasteiger partial charge is 0.257 e. The van der Waals surface area contributed by atoms with Crippen LogP contribution in [-0.2, 0) is 0 Å². The van der Waals surface area contributed by atoms with Gasteiger partial charge in [0.05, 0.1) is 23.6 Å². The van der Waals surface area contributed by atoms with Crippen LogP contribution < -0.4 is 0 Å². The van der Waals surface area contributed by atoms with Crippen molar-refractivity contribution in [1.29, 1.82) is 0 Å². The third-order valence-electron chi connectivity index (χ3n) is 4.23. The lowest BCUT2D eigenvalue weighted by Gasteiger charge is -2.34. The van der Waals surface area contributed by atoms with Gasteiger partial charge in [-0.1, -0.05) is 18.2 Å². The fraction of sp³-hybridized carbons (Fsp3) is 0.412. The van der Waals surface area contributed by atoms with Crippen molar-refractivity contribution in [3.63, 3.8) is 0 Å². The van der Waals surface area contributed by atoms with Crippen LogP contribution in [0.25, 0.3) is 5.69 Å². The molecule has 122 valence electrons. The van der Waals surface area contributed by atoms with E-state index >= 15 is 0 Å². The number of benzene rings is 1. The SMILES string of the molecule is Cc1nn(-c2ccccc2)cc1C(=O)N1CCN(CCO)CC1. The molecule has 1 aliphatic heterocycles. The van der Waals surface area contributed by atoms with Gasteiger partial charge in [0, 0.05) is 38.9 Å². The highest BCUT2D eigenvalue weighted by molar-refractivity contribution is 5.95. The van der Waals surface area contributed by atoms with Crippen molar-refractivity contribution in [2.45, 2.75) is 6.92 Å². The number of hydrogen-bond acceptors (Lipinski definition) is 4. The predicted molar refractivity (Wildman–Crippen MR) is 87.7 cm³/mol. The molecule has 1 saturated heterocycles. The summed E-state index contributed by atoms with van der Waals surface area (Å²) in [7, 11) is 0. The summed E-state index contributed by atoms with van der Waals surface area (Å²) in [6.45, 7) is 5.69. The second kappa shape index (κ2) is 6.93. The summed E-state index contributed by atoms with van der Waals surface area (Å²) < 4.78 is 1.75. The zero-order valence-corrected chi connectivity index (χ0v) is 13.4. The van der Waals surface area contributed by atoms with Crippen LogP contribution in [0.1, 0.15) is 16.1 Å². The van der Waals surface area contributed by atoms with Crippen molar-refractivity contribution in [1.82, 2.24) is 19.6 Å². The first-order chi connectivity index (χ1) is 11.2. The molecule has 23 heavy (non-hydrogen) atoms. The molecular formula is C17H22N4O2. The minimum Gasteiger partial charge on any atom is -0.395 e. The van der Waals surface area contributed by atoms with Crippen LogP contribution >= 0.6 is 0 Å². The second-order valence-electron chi connectivity index (χ2n) is 5.77. The van der Waals surface area contributed by atoms with Gasteiger partial charge in [0.1, 0.15) is 0 Å². The fourth-order valence-corrected chi connectivity index (χ4v) is 2.87. The second-order valence-corrected chi connectivity index (χ2v) is 5.77. The Morgan fingerprint density at radius 1 is 1.17 bits per heavy atom. The highest BCUT2D eigenvalue weighted by Gasteiger charge is 2.24. The van der Waals surface area contributed by atoms with Gasteiger partial charge < -0.3 is 10.0 Å². The number of carbonyl (C=O) groups excluding carboxylic acids is 1. The third-order valence-corrected chi connectivity index (χ3v) is 4.23. The van der Waals surface area contributed by atoms with Crippen molar-refractivity contribution < 1.29 is 9.90 Å². The number of aliphatic hydroxyl groups is 1. The van der Waals surface area contributed by atoms with Gasteiger partial charge in [0.25, 0.3) is 5.91 Å². The van der Waals surface area contributed by atoms with Crippen LogP contribution in [-0.4, -0.2) is 69.9 Å². The zero-order valence-electron chi connectivity index (χ0n) is 13.4. The summed E-state index contributed by atoms with van der Waals surface area (Å²) in [5.74, 6) is 0.0355. The molecule has 1 fully saturated rings. The summed E-state index contributed by atoms with van der Waals surface area (Å²) in [5, 5.41) is 13.5. The quantitative estimate of drug-likeness (QED) is 0.912. The number of carbonyl (C=O) groups is 1. The van der Waals surface area contributed by atoms with E-state index in [1.54, 1.807) is 4.68 Å². The van der Waals surface area contributed by atoms with E-state index in [9.17, 15) is 4.79 Å². The van der Waals surface area contributed by atoms with E-state index in [1.807, 2.05) is 48.4 Å². The lowest BCUT2D eigenvalue weighted by Crippen LogP contribution is -2.49. The molecule has 0 spiro atoms. The third kappa shape index (κ3) is 3.43. The molecule has 6 nitrogen and oxygen atoms in total. The zero-order chi connectivity index (χ0) is 16.2. The van der Waals surface area contributed by atoms with Gasteiger partial charge in [-0.2, -0.15) is 5.10 Å². The Hall–Kier alpha value is -2.18. The minimum atomic E-state index is 0.0355. The summed E-state index contributed by atoms with van der Waals surface area (Å²) in [4.78, 5) is 16.8. The molecule has 3 rings (SSSR count).